The third-order valence-corrected chi connectivity index (χ3v) is 7.38. The molecule has 1 fully saturated rings. The number of amides is 2. The van der Waals surface area contributed by atoms with Gasteiger partial charge in [-0.15, -0.1) is 0 Å². The number of carbonyl (C=O) groups is 2. The van der Waals surface area contributed by atoms with Gasteiger partial charge in [0, 0.05) is 23.6 Å². The number of anilines is 2. The summed E-state index contributed by atoms with van der Waals surface area (Å²) in [7, 11) is -3.11. The number of nitrogens with one attached hydrogen (secondary N) is 2. The number of hydrogen-bond acceptors (Lipinski definition) is 5. The van der Waals surface area contributed by atoms with Crippen molar-refractivity contribution >= 4 is 33.2 Å². The molecule has 0 aliphatic carbocycles. The Kier molecular flexibility index (Phi) is 4.96. The van der Waals surface area contributed by atoms with E-state index in [-0.39, 0.29) is 41.2 Å². The molecule has 2 atom stereocenters. The summed E-state index contributed by atoms with van der Waals surface area (Å²) >= 11 is 0. The second-order valence-corrected chi connectivity index (χ2v) is 11.3. The van der Waals surface area contributed by atoms with Crippen molar-refractivity contribution in [2.24, 2.45) is 0 Å². The third-order valence-electron chi connectivity index (χ3n) is 5.63. The van der Waals surface area contributed by atoms with Crippen LogP contribution in [-0.2, 0) is 24.8 Å². The first-order valence-electron chi connectivity index (χ1n) is 10.0. The molecule has 2 aromatic rings. The van der Waals surface area contributed by atoms with Crippen molar-refractivity contribution in [2.75, 3.05) is 22.1 Å². The maximum absolute atomic E-state index is 13.2. The number of aromatic nitrogens is 2. The predicted molar refractivity (Wildman–Crippen MR) is 114 cm³/mol. The minimum atomic E-state index is -3.11. The quantitative estimate of drug-likeness (QED) is 0.778. The predicted octanol–water partition coefficient (Wildman–Crippen LogP) is 2.60. The number of carbonyl (C=O) groups excluding carboxylic acids is 2. The van der Waals surface area contributed by atoms with Gasteiger partial charge in [0.1, 0.15) is 5.82 Å². The fourth-order valence-electron chi connectivity index (χ4n) is 3.96. The van der Waals surface area contributed by atoms with Crippen LogP contribution in [0.3, 0.4) is 0 Å². The molecule has 2 amide bonds. The van der Waals surface area contributed by atoms with Gasteiger partial charge in [0.2, 0.25) is 11.8 Å². The van der Waals surface area contributed by atoms with E-state index >= 15 is 0 Å². The van der Waals surface area contributed by atoms with Crippen LogP contribution in [0.5, 0.6) is 0 Å². The van der Waals surface area contributed by atoms with E-state index in [2.05, 4.69) is 15.7 Å². The number of nitrogens with zero attached hydrogens (tertiary/aromatic N) is 2. The molecule has 2 aliphatic rings. The Bertz CT molecular complexity index is 1110. The molecule has 0 saturated carbocycles. The van der Waals surface area contributed by atoms with Crippen molar-refractivity contribution in [1.82, 2.24) is 9.78 Å². The first-order valence-corrected chi connectivity index (χ1v) is 11.9. The van der Waals surface area contributed by atoms with Gasteiger partial charge in [0.25, 0.3) is 0 Å². The largest absolute Gasteiger partial charge is 0.326 e. The molecule has 0 spiro atoms. The molecule has 0 radical (unpaired) electrons. The smallest absolute Gasteiger partial charge is 0.233 e. The molecular weight excluding hydrogens is 404 g/mol. The van der Waals surface area contributed by atoms with Crippen molar-refractivity contribution in [2.45, 2.75) is 51.0 Å². The Hall–Kier alpha value is -2.68. The minimum absolute atomic E-state index is 0.00972. The third kappa shape index (κ3) is 3.98. The van der Waals surface area contributed by atoms with E-state index in [9.17, 15) is 18.0 Å². The highest BCUT2D eigenvalue weighted by Crippen LogP contribution is 2.35. The van der Waals surface area contributed by atoms with Crippen LogP contribution in [0.4, 0.5) is 11.5 Å². The fourth-order valence-corrected chi connectivity index (χ4v) is 5.65. The molecule has 30 heavy (non-hydrogen) atoms. The maximum atomic E-state index is 13.2. The van der Waals surface area contributed by atoms with Crippen LogP contribution < -0.4 is 10.6 Å². The summed E-state index contributed by atoms with van der Waals surface area (Å²) in [6.07, 6.45) is 0.520. The zero-order valence-corrected chi connectivity index (χ0v) is 18.1. The van der Waals surface area contributed by atoms with Crippen LogP contribution in [0.1, 0.15) is 56.8 Å². The lowest BCUT2D eigenvalue weighted by atomic mass is 9.89. The van der Waals surface area contributed by atoms with Crippen molar-refractivity contribution in [3.05, 3.63) is 41.6 Å². The van der Waals surface area contributed by atoms with Gasteiger partial charge < -0.3 is 10.6 Å². The van der Waals surface area contributed by atoms with Gasteiger partial charge in [-0.3, -0.25) is 9.59 Å². The minimum Gasteiger partial charge on any atom is -0.326 e. The van der Waals surface area contributed by atoms with Gasteiger partial charge in [0.05, 0.1) is 29.2 Å². The van der Waals surface area contributed by atoms with Gasteiger partial charge in [-0.25, -0.2) is 13.1 Å². The molecule has 0 unspecified atom stereocenters. The molecule has 3 heterocycles. The lowest BCUT2D eigenvalue weighted by Gasteiger charge is -2.25. The van der Waals surface area contributed by atoms with Gasteiger partial charge in [-0.2, -0.15) is 5.10 Å². The fraction of sp³-hybridized carbons (Fsp3) is 0.476. The topological polar surface area (TPSA) is 110 Å². The lowest BCUT2D eigenvalue weighted by molar-refractivity contribution is -0.123. The monoisotopic (exact) mass is 430 g/mol. The Labute approximate surface area is 176 Å². The van der Waals surface area contributed by atoms with Crippen LogP contribution in [-0.4, -0.2) is 41.5 Å². The van der Waals surface area contributed by atoms with E-state index in [1.165, 1.54) is 0 Å². The maximum Gasteiger partial charge on any atom is 0.233 e. The SMILES string of the molecule is CC(C)(C)c1cc(NC(=O)[C@@H]2CC(=O)Nc3ccccc32)n([C@@H]2CCS(=O)(=O)C2)n1. The van der Waals surface area contributed by atoms with Crippen LogP contribution in [0.15, 0.2) is 30.3 Å². The zero-order valence-electron chi connectivity index (χ0n) is 17.3. The van der Waals surface area contributed by atoms with Crippen LogP contribution >= 0.6 is 0 Å². The molecule has 0 bridgehead atoms. The van der Waals surface area contributed by atoms with E-state index in [1.807, 2.05) is 39.0 Å². The van der Waals surface area contributed by atoms with Crippen molar-refractivity contribution in [1.29, 1.82) is 0 Å². The molecule has 160 valence electrons. The molecule has 1 saturated heterocycles. The lowest BCUT2D eigenvalue weighted by Crippen LogP contribution is -2.31. The molecule has 1 aromatic carbocycles. The molecular formula is C21H26N4O4S. The second kappa shape index (κ2) is 7.23. The summed E-state index contributed by atoms with van der Waals surface area (Å²) in [6, 6.07) is 8.74. The standard InChI is InChI=1S/C21H26N4O4S/c1-21(2,3)17-11-18(25(24-17)13-8-9-30(28,29)12-13)23-20(27)15-10-19(26)22-16-7-5-4-6-14(15)16/h4-7,11,13,15H,8-10,12H2,1-3H3,(H,22,26)(H,23,27)/t13-,15-/m1/s1. The molecule has 9 heteroatoms. The number of para-hydroxylation sites is 1. The summed E-state index contributed by atoms with van der Waals surface area (Å²) in [6.45, 7) is 6.04. The highest BCUT2D eigenvalue weighted by atomic mass is 32.2. The van der Waals surface area contributed by atoms with Gasteiger partial charge in [0.15, 0.2) is 9.84 Å². The van der Waals surface area contributed by atoms with Gasteiger partial charge >= 0.3 is 0 Å². The van der Waals surface area contributed by atoms with Gasteiger partial charge in [-0.05, 0) is 18.1 Å². The zero-order chi connectivity index (χ0) is 21.7. The Balaban J connectivity index is 1.67. The van der Waals surface area contributed by atoms with E-state index in [4.69, 9.17) is 0 Å². The summed E-state index contributed by atoms with van der Waals surface area (Å²) in [5, 5.41) is 10.4. The van der Waals surface area contributed by atoms with E-state index < -0.39 is 15.8 Å². The molecule has 2 N–H and O–H groups in total. The average Bonchev–Trinajstić information content (AvgIpc) is 3.23. The first kappa shape index (κ1) is 20.6. The van der Waals surface area contributed by atoms with Crippen LogP contribution in [0.25, 0.3) is 0 Å². The summed E-state index contributed by atoms with van der Waals surface area (Å²) in [5.41, 5.74) is 1.91. The first-order chi connectivity index (χ1) is 14.0. The van der Waals surface area contributed by atoms with E-state index in [0.29, 0.717) is 17.9 Å². The van der Waals surface area contributed by atoms with E-state index in [1.54, 1.807) is 16.8 Å². The summed E-state index contributed by atoms with van der Waals surface area (Å²) < 4.78 is 25.6. The summed E-state index contributed by atoms with van der Waals surface area (Å²) in [5.74, 6) is -0.541. The molecule has 8 nitrogen and oxygen atoms in total. The number of fused-ring (bicyclic) bond motifs is 1. The molecule has 2 aliphatic heterocycles. The summed E-state index contributed by atoms with van der Waals surface area (Å²) in [4.78, 5) is 25.3. The normalized spacial score (nSPS) is 23.0. The number of benzene rings is 1. The highest BCUT2D eigenvalue weighted by molar-refractivity contribution is 7.91. The Morgan fingerprint density at radius 2 is 2.00 bits per heavy atom. The Morgan fingerprint density at radius 1 is 1.27 bits per heavy atom. The molecule has 4 rings (SSSR count). The number of sulfone groups is 1. The van der Waals surface area contributed by atoms with Gasteiger partial charge in [-0.1, -0.05) is 39.0 Å². The Morgan fingerprint density at radius 3 is 2.67 bits per heavy atom. The van der Waals surface area contributed by atoms with E-state index in [0.717, 1.165) is 11.3 Å². The highest BCUT2D eigenvalue weighted by Gasteiger charge is 2.35. The van der Waals surface area contributed by atoms with Crippen molar-refractivity contribution in [3.63, 3.8) is 0 Å². The average molecular weight is 431 g/mol. The second-order valence-electron chi connectivity index (χ2n) is 9.05. The van der Waals surface area contributed by atoms with Crippen LogP contribution in [0, 0.1) is 0 Å². The van der Waals surface area contributed by atoms with Crippen LogP contribution in [0.2, 0.25) is 0 Å². The molecule has 1 aromatic heterocycles. The number of hydrogen-bond donors (Lipinski definition) is 2. The van der Waals surface area contributed by atoms with Crippen molar-refractivity contribution in [3.8, 4) is 0 Å². The number of rotatable bonds is 3. The van der Waals surface area contributed by atoms with Crippen molar-refractivity contribution < 1.29 is 18.0 Å².